The van der Waals surface area contributed by atoms with E-state index in [1.165, 1.54) is 10.2 Å². The number of fused-ring (bicyclic) bond motifs is 1. The Morgan fingerprint density at radius 3 is 2.56 bits per heavy atom. The fourth-order valence-corrected chi connectivity index (χ4v) is 3.92. The van der Waals surface area contributed by atoms with Crippen molar-refractivity contribution in [2.24, 2.45) is 10.8 Å². The second-order valence-electron chi connectivity index (χ2n) is 5.83. The zero-order valence-electron chi connectivity index (χ0n) is 13.6. The van der Waals surface area contributed by atoms with E-state index < -0.39 is 10.0 Å². The van der Waals surface area contributed by atoms with E-state index in [1.54, 1.807) is 12.3 Å². The van der Waals surface area contributed by atoms with Gasteiger partial charge in [-0.1, -0.05) is 30.3 Å². The first kappa shape index (κ1) is 19.0. The van der Waals surface area contributed by atoms with Gasteiger partial charge in [0.2, 0.25) is 16.0 Å². The SMILES string of the molecule is CS(=O)(=O)n1ccc2c1CC(c1ccccc1)C/C2=N\NC(=N)N.Cl. The van der Waals surface area contributed by atoms with Crippen LogP contribution in [0.1, 0.15) is 29.2 Å². The first-order chi connectivity index (χ1) is 11.4. The van der Waals surface area contributed by atoms with Crippen LogP contribution in [-0.4, -0.2) is 30.3 Å². The quantitative estimate of drug-likeness (QED) is 0.426. The van der Waals surface area contributed by atoms with Crippen LogP contribution < -0.4 is 11.2 Å². The normalized spacial score (nSPS) is 18.3. The molecule has 1 atom stereocenters. The van der Waals surface area contributed by atoms with Gasteiger partial charge in [0.15, 0.2) is 0 Å². The van der Waals surface area contributed by atoms with Gasteiger partial charge in [-0.05, 0) is 30.4 Å². The molecule has 2 aromatic rings. The summed E-state index contributed by atoms with van der Waals surface area (Å²) in [5.74, 6) is -0.143. The summed E-state index contributed by atoms with van der Waals surface area (Å²) in [6.45, 7) is 0. The molecule has 25 heavy (non-hydrogen) atoms. The van der Waals surface area contributed by atoms with Crippen LogP contribution in [0.15, 0.2) is 47.7 Å². The van der Waals surface area contributed by atoms with E-state index in [0.29, 0.717) is 24.2 Å². The van der Waals surface area contributed by atoms with Crippen molar-refractivity contribution in [2.45, 2.75) is 18.8 Å². The van der Waals surface area contributed by atoms with Gasteiger partial charge in [-0.2, -0.15) is 5.10 Å². The van der Waals surface area contributed by atoms with Gasteiger partial charge in [-0.3, -0.25) is 5.41 Å². The highest BCUT2D eigenvalue weighted by atomic mass is 35.5. The molecule has 1 heterocycles. The van der Waals surface area contributed by atoms with E-state index in [4.69, 9.17) is 11.1 Å². The largest absolute Gasteiger partial charge is 0.369 e. The molecule has 3 rings (SSSR count). The maximum absolute atomic E-state index is 12.0. The summed E-state index contributed by atoms with van der Waals surface area (Å²) in [4.78, 5) is 0. The van der Waals surface area contributed by atoms with Gasteiger partial charge in [-0.25, -0.2) is 17.8 Å². The molecule has 0 saturated heterocycles. The Bertz CT molecular complexity index is 906. The molecule has 4 N–H and O–H groups in total. The maximum atomic E-state index is 12.0. The lowest BCUT2D eigenvalue weighted by molar-refractivity contribution is 0.587. The molecule has 134 valence electrons. The van der Waals surface area contributed by atoms with Gasteiger partial charge in [0.25, 0.3) is 0 Å². The number of nitrogens with one attached hydrogen (secondary N) is 2. The summed E-state index contributed by atoms with van der Waals surface area (Å²) in [6, 6.07) is 11.7. The Balaban J connectivity index is 0.00000225. The van der Waals surface area contributed by atoms with Gasteiger partial charge in [0.1, 0.15) is 0 Å². The number of benzene rings is 1. The summed E-state index contributed by atoms with van der Waals surface area (Å²) in [5.41, 5.74) is 11.1. The third-order valence-corrected chi connectivity index (χ3v) is 5.14. The predicted molar refractivity (Wildman–Crippen MR) is 101 cm³/mol. The molecule has 0 fully saturated rings. The summed E-state index contributed by atoms with van der Waals surface area (Å²) in [5, 5.41) is 11.5. The van der Waals surface area contributed by atoms with Crippen molar-refractivity contribution in [3.8, 4) is 0 Å². The Labute approximate surface area is 152 Å². The van der Waals surface area contributed by atoms with Crippen molar-refractivity contribution in [2.75, 3.05) is 6.26 Å². The number of nitrogens with two attached hydrogens (primary N) is 1. The lowest BCUT2D eigenvalue weighted by atomic mass is 9.82. The zero-order chi connectivity index (χ0) is 17.3. The van der Waals surface area contributed by atoms with Crippen LogP contribution >= 0.6 is 12.4 Å². The minimum absolute atomic E-state index is 0. The Hall–Kier alpha value is -2.32. The van der Waals surface area contributed by atoms with Crippen LogP contribution in [-0.2, 0) is 16.4 Å². The zero-order valence-corrected chi connectivity index (χ0v) is 15.3. The second-order valence-corrected chi connectivity index (χ2v) is 7.69. The lowest BCUT2D eigenvalue weighted by Crippen LogP contribution is -2.29. The molecule has 0 bridgehead atoms. The number of hydrogen-bond acceptors (Lipinski definition) is 4. The molecule has 1 aromatic heterocycles. The van der Waals surface area contributed by atoms with Crippen molar-refractivity contribution in [1.82, 2.24) is 9.40 Å². The van der Waals surface area contributed by atoms with E-state index >= 15 is 0 Å². The average Bonchev–Trinajstić information content (AvgIpc) is 2.97. The number of hydrogen-bond donors (Lipinski definition) is 3. The molecule has 0 saturated carbocycles. The highest BCUT2D eigenvalue weighted by Crippen LogP contribution is 2.34. The molecular weight excluding hydrogens is 362 g/mol. The van der Waals surface area contributed by atoms with E-state index in [9.17, 15) is 8.42 Å². The summed E-state index contributed by atoms with van der Waals surface area (Å²) < 4.78 is 25.4. The second kappa shape index (κ2) is 7.28. The number of nitrogens with zero attached hydrogens (tertiary/aromatic N) is 2. The van der Waals surface area contributed by atoms with Gasteiger partial charge in [-0.15, -0.1) is 12.4 Å². The highest BCUT2D eigenvalue weighted by molar-refractivity contribution is 7.89. The standard InChI is InChI=1S/C16H19N5O2S.ClH/c1-24(22,23)21-8-7-13-14(19-20-16(17)18)9-12(10-15(13)21)11-5-3-2-4-6-11;/h2-8,12H,9-10H2,1H3,(H4,17,18,20);1H/b19-14+;. The van der Waals surface area contributed by atoms with Crippen molar-refractivity contribution < 1.29 is 8.42 Å². The van der Waals surface area contributed by atoms with Crippen LogP contribution in [0.5, 0.6) is 0 Å². The molecule has 0 aliphatic heterocycles. The molecule has 1 aromatic carbocycles. The minimum Gasteiger partial charge on any atom is -0.369 e. The van der Waals surface area contributed by atoms with E-state index in [2.05, 4.69) is 10.5 Å². The highest BCUT2D eigenvalue weighted by Gasteiger charge is 2.29. The third-order valence-electron chi connectivity index (χ3n) is 4.08. The van der Waals surface area contributed by atoms with E-state index in [1.807, 2.05) is 30.3 Å². The van der Waals surface area contributed by atoms with E-state index in [0.717, 1.165) is 11.1 Å². The number of rotatable bonds is 3. The van der Waals surface area contributed by atoms with Crippen LogP contribution in [0.25, 0.3) is 0 Å². The lowest BCUT2D eigenvalue weighted by Gasteiger charge is -2.25. The summed E-state index contributed by atoms with van der Waals surface area (Å²) >= 11 is 0. The fourth-order valence-electron chi connectivity index (χ4n) is 3.06. The van der Waals surface area contributed by atoms with Gasteiger partial charge >= 0.3 is 0 Å². The first-order valence-electron chi connectivity index (χ1n) is 7.49. The average molecular weight is 382 g/mol. The molecule has 1 unspecified atom stereocenters. The van der Waals surface area contributed by atoms with Gasteiger partial charge in [0, 0.05) is 17.5 Å². The molecular formula is C16H20ClN5O2S. The van der Waals surface area contributed by atoms with Crippen molar-refractivity contribution in [1.29, 1.82) is 5.41 Å². The molecule has 0 spiro atoms. The molecule has 1 aliphatic carbocycles. The fraction of sp³-hybridized carbons (Fsp3) is 0.250. The molecule has 1 aliphatic rings. The number of hydrazone groups is 1. The predicted octanol–water partition coefficient (Wildman–Crippen LogP) is 1.63. The Morgan fingerprint density at radius 1 is 1.28 bits per heavy atom. The van der Waals surface area contributed by atoms with Gasteiger partial charge < -0.3 is 5.73 Å². The number of aromatic nitrogens is 1. The van der Waals surface area contributed by atoms with E-state index in [-0.39, 0.29) is 24.3 Å². The van der Waals surface area contributed by atoms with Crippen LogP contribution in [0.2, 0.25) is 0 Å². The maximum Gasteiger partial charge on any atom is 0.235 e. The number of halogens is 1. The molecule has 0 radical (unpaired) electrons. The smallest absolute Gasteiger partial charge is 0.235 e. The molecule has 9 heteroatoms. The topological polar surface area (TPSA) is 113 Å². The first-order valence-corrected chi connectivity index (χ1v) is 9.34. The summed E-state index contributed by atoms with van der Waals surface area (Å²) in [6.07, 6.45) is 3.99. The number of guanidine groups is 1. The van der Waals surface area contributed by atoms with Crippen molar-refractivity contribution in [3.63, 3.8) is 0 Å². The molecule has 0 amide bonds. The Kier molecular flexibility index (Phi) is 5.54. The van der Waals surface area contributed by atoms with Crippen LogP contribution in [0.3, 0.4) is 0 Å². The van der Waals surface area contributed by atoms with Crippen molar-refractivity contribution in [3.05, 3.63) is 59.4 Å². The van der Waals surface area contributed by atoms with Crippen LogP contribution in [0, 0.1) is 5.41 Å². The minimum atomic E-state index is -3.39. The van der Waals surface area contributed by atoms with Crippen LogP contribution in [0.4, 0.5) is 0 Å². The Morgan fingerprint density at radius 2 is 1.96 bits per heavy atom. The van der Waals surface area contributed by atoms with Crippen molar-refractivity contribution >= 4 is 34.1 Å². The third kappa shape index (κ3) is 4.02. The summed E-state index contributed by atoms with van der Waals surface area (Å²) in [7, 11) is -3.39. The molecule has 7 nitrogen and oxygen atoms in total. The monoisotopic (exact) mass is 381 g/mol. The van der Waals surface area contributed by atoms with Gasteiger partial charge in [0.05, 0.1) is 12.0 Å².